The van der Waals surface area contributed by atoms with Crippen LogP contribution in [0.15, 0.2) is 29.3 Å². The van der Waals surface area contributed by atoms with Gasteiger partial charge in [0.2, 0.25) is 11.9 Å². The largest absolute Gasteiger partial charge is 0.343 e. The van der Waals surface area contributed by atoms with E-state index in [1.165, 1.54) is 6.42 Å². The number of nitrogens with zero attached hydrogens (tertiary/aromatic N) is 2. The van der Waals surface area contributed by atoms with E-state index in [4.69, 9.17) is 0 Å². The van der Waals surface area contributed by atoms with Gasteiger partial charge in [-0.2, -0.15) is 0 Å². The number of likely N-dealkylation sites (tertiary alicyclic amines) is 1. The number of carbonyl (C=O) groups is 2. The zero-order valence-electron chi connectivity index (χ0n) is 12.8. The minimum atomic E-state index is -0.603. The summed E-state index contributed by atoms with van der Waals surface area (Å²) in [5.74, 6) is 0.367. The van der Waals surface area contributed by atoms with E-state index in [-0.39, 0.29) is 18.1 Å². The summed E-state index contributed by atoms with van der Waals surface area (Å²) in [5.41, 5.74) is 1.72. The number of benzene rings is 1. The summed E-state index contributed by atoms with van der Waals surface area (Å²) in [5, 5.41) is 2.82. The molecule has 0 radical (unpaired) electrons. The van der Waals surface area contributed by atoms with Crippen molar-refractivity contribution in [3.8, 4) is 0 Å². The fraction of sp³-hybridized carbons (Fsp3) is 0.471. The second-order valence-electron chi connectivity index (χ2n) is 6.00. The van der Waals surface area contributed by atoms with Crippen molar-refractivity contribution in [3.63, 3.8) is 0 Å². The Labute approximate surface area is 130 Å². The van der Waals surface area contributed by atoms with Gasteiger partial charge in [-0.1, -0.05) is 29.8 Å². The molecule has 1 saturated heterocycles. The van der Waals surface area contributed by atoms with Crippen LogP contribution in [0.3, 0.4) is 0 Å². The van der Waals surface area contributed by atoms with E-state index in [0.717, 1.165) is 31.5 Å². The van der Waals surface area contributed by atoms with Crippen LogP contribution in [0.25, 0.3) is 0 Å². The maximum Gasteiger partial charge on any atom is 0.229 e. The molecule has 0 saturated carbocycles. The van der Waals surface area contributed by atoms with Gasteiger partial charge in [-0.05, 0) is 26.2 Å². The predicted molar refractivity (Wildman–Crippen MR) is 84.9 cm³/mol. The molecule has 0 spiro atoms. The average molecular weight is 299 g/mol. The molecule has 0 aliphatic carbocycles. The van der Waals surface area contributed by atoms with E-state index in [0.29, 0.717) is 11.5 Å². The van der Waals surface area contributed by atoms with Crippen molar-refractivity contribution in [2.75, 3.05) is 13.1 Å². The van der Waals surface area contributed by atoms with Crippen LogP contribution in [0.5, 0.6) is 0 Å². The van der Waals surface area contributed by atoms with Crippen LogP contribution in [0.1, 0.15) is 41.6 Å². The maximum absolute atomic E-state index is 12.6. The van der Waals surface area contributed by atoms with Crippen molar-refractivity contribution >= 4 is 17.6 Å². The van der Waals surface area contributed by atoms with Gasteiger partial charge in [-0.3, -0.25) is 14.9 Å². The third-order valence-corrected chi connectivity index (χ3v) is 4.20. The van der Waals surface area contributed by atoms with Crippen LogP contribution in [0.2, 0.25) is 0 Å². The lowest BCUT2D eigenvalue weighted by atomic mass is 10.00. The third kappa shape index (κ3) is 3.18. The number of Topliss-reactive ketones (excluding diaryl/α,β-unsaturated/α-hetero) is 1. The van der Waals surface area contributed by atoms with Crippen molar-refractivity contribution < 1.29 is 9.59 Å². The Kier molecular flexibility index (Phi) is 4.22. The summed E-state index contributed by atoms with van der Waals surface area (Å²) in [6.45, 7) is 3.77. The highest BCUT2D eigenvalue weighted by atomic mass is 16.2. The number of guanidine groups is 1. The van der Waals surface area contributed by atoms with Gasteiger partial charge >= 0.3 is 0 Å². The molecule has 5 nitrogen and oxygen atoms in total. The van der Waals surface area contributed by atoms with E-state index in [2.05, 4.69) is 15.2 Å². The second kappa shape index (κ2) is 6.30. The highest BCUT2D eigenvalue weighted by Crippen LogP contribution is 2.16. The molecule has 1 atom stereocenters. The molecule has 0 bridgehead atoms. The van der Waals surface area contributed by atoms with E-state index in [1.54, 1.807) is 12.1 Å². The Morgan fingerprint density at radius 2 is 1.86 bits per heavy atom. The Hall–Kier alpha value is -2.17. The van der Waals surface area contributed by atoms with E-state index >= 15 is 0 Å². The Morgan fingerprint density at radius 1 is 1.18 bits per heavy atom. The van der Waals surface area contributed by atoms with Crippen LogP contribution in [0, 0.1) is 6.92 Å². The van der Waals surface area contributed by atoms with E-state index < -0.39 is 6.04 Å². The lowest BCUT2D eigenvalue weighted by Crippen LogP contribution is -2.51. The van der Waals surface area contributed by atoms with Gasteiger partial charge in [-0.15, -0.1) is 0 Å². The van der Waals surface area contributed by atoms with Crippen LogP contribution >= 0.6 is 0 Å². The first-order valence-electron chi connectivity index (χ1n) is 7.87. The third-order valence-electron chi connectivity index (χ3n) is 4.20. The van der Waals surface area contributed by atoms with Crippen LogP contribution in [-0.2, 0) is 4.79 Å². The number of nitrogens with one attached hydrogen (secondary N) is 1. The van der Waals surface area contributed by atoms with Gasteiger partial charge in [0.1, 0.15) is 6.04 Å². The first kappa shape index (κ1) is 14.8. The molecule has 0 unspecified atom stereocenters. The molecular formula is C17H21N3O2. The lowest BCUT2D eigenvalue weighted by molar-refractivity contribution is -0.120. The van der Waals surface area contributed by atoms with E-state index in [9.17, 15) is 9.59 Å². The summed E-state index contributed by atoms with van der Waals surface area (Å²) in [6.07, 6.45) is 3.55. The SMILES string of the molecule is Cc1ccc(C(=O)[C@H]2CC(=O)NC(N3CCCCC3)=N2)cc1. The standard InChI is InChI=1S/C17H21N3O2/c1-12-5-7-13(8-6-12)16(22)14-11-15(21)19-17(18-14)20-9-3-2-4-10-20/h5-8,14H,2-4,9-11H2,1H3,(H,18,19,21)/t14-/m1/s1. The topological polar surface area (TPSA) is 61.8 Å². The normalized spacial score (nSPS) is 22.0. The van der Waals surface area contributed by atoms with Crippen molar-refractivity contribution in [2.24, 2.45) is 4.99 Å². The van der Waals surface area contributed by atoms with Gasteiger partial charge in [0.05, 0.1) is 6.42 Å². The van der Waals surface area contributed by atoms with Gasteiger partial charge in [-0.25, -0.2) is 4.99 Å². The minimum absolute atomic E-state index is 0.0793. The molecule has 0 aromatic heterocycles. The highest BCUT2D eigenvalue weighted by molar-refractivity contribution is 6.08. The fourth-order valence-electron chi connectivity index (χ4n) is 2.90. The number of aliphatic imine (C=N–C) groups is 1. The monoisotopic (exact) mass is 299 g/mol. The number of piperidine rings is 1. The van der Waals surface area contributed by atoms with Crippen molar-refractivity contribution in [1.29, 1.82) is 0 Å². The molecule has 1 N–H and O–H groups in total. The maximum atomic E-state index is 12.6. The summed E-state index contributed by atoms with van der Waals surface area (Å²) >= 11 is 0. The molecule has 2 heterocycles. The molecule has 5 heteroatoms. The molecule has 1 aromatic rings. The molecule has 1 amide bonds. The average Bonchev–Trinajstić information content (AvgIpc) is 2.55. The van der Waals surface area contributed by atoms with Gasteiger partial charge in [0.25, 0.3) is 0 Å². The lowest BCUT2D eigenvalue weighted by Gasteiger charge is -2.32. The number of hydrogen-bond donors (Lipinski definition) is 1. The number of rotatable bonds is 2. The summed E-state index contributed by atoms with van der Waals surface area (Å²) < 4.78 is 0. The van der Waals surface area contributed by atoms with Crippen LogP contribution in [-0.4, -0.2) is 41.7 Å². The van der Waals surface area contributed by atoms with E-state index in [1.807, 2.05) is 19.1 Å². The van der Waals surface area contributed by atoms with Crippen molar-refractivity contribution in [1.82, 2.24) is 10.2 Å². The molecule has 116 valence electrons. The predicted octanol–water partition coefficient (Wildman–Crippen LogP) is 1.91. The van der Waals surface area contributed by atoms with Gasteiger partial charge < -0.3 is 4.90 Å². The molecule has 22 heavy (non-hydrogen) atoms. The smallest absolute Gasteiger partial charge is 0.229 e. The van der Waals surface area contributed by atoms with Crippen molar-refractivity contribution in [2.45, 2.75) is 38.6 Å². The summed E-state index contributed by atoms with van der Waals surface area (Å²) in [4.78, 5) is 31.1. The number of amides is 1. The zero-order valence-corrected chi connectivity index (χ0v) is 12.8. The number of ketones is 1. The summed E-state index contributed by atoms with van der Waals surface area (Å²) in [7, 11) is 0. The quantitative estimate of drug-likeness (QED) is 0.849. The molecule has 2 aliphatic heterocycles. The molecule has 1 aromatic carbocycles. The molecular weight excluding hydrogens is 278 g/mol. The number of aryl methyl sites for hydroxylation is 1. The Bertz CT molecular complexity index is 601. The molecule has 2 aliphatic rings. The number of carbonyl (C=O) groups excluding carboxylic acids is 2. The van der Waals surface area contributed by atoms with Crippen molar-refractivity contribution in [3.05, 3.63) is 35.4 Å². The molecule has 1 fully saturated rings. The Morgan fingerprint density at radius 3 is 2.55 bits per heavy atom. The molecule has 3 rings (SSSR count). The first-order valence-corrected chi connectivity index (χ1v) is 7.87. The second-order valence-corrected chi connectivity index (χ2v) is 6.00. The number of hydrogen-bond acceptors (Lipinski definition) is 4. The minimum Gasteiger partial charge on any atom is -0.343 e. The fourth-order valence-corrected chi connectivity index (χ4v) is 2.90. The van der Waals surface area contributed by atoms with Crippen LogP contribution in [0.4, 0.5) is 0 Å². The van der Waals surface area contributed by atoms with Gasteiger partial charge in [0, 0.05) is 18.7 Å². The van der Waals surface area contributed by atoms with Gasteiger partial charge in [0.15, 0.2) is 5.78 Å². The highest BCUT2D eigenvalue weighted by Gasteiger charge is 2.30. The Balaban J connectivity index is 1.80. The van der Waals surface area contributed by atoms with Crippen LogP contribution < -0.4 is 5.32 Å². The first-order chi connectivity index (χ1) is 10.6. The zero-order chi connectivity index (χ0) is 15.5. The summed E-state index contributed by atoms with van der Waals surface area (Å²) in [6, 6.07) is 6.82.